The molecule has 0 radical (unpaired) electrons. The summed E-state index contributed by atoms with van der Waals surface area (Å²) in [7, 11) is 0. The van der Waals surface area contributed by atoms with Crippen LogP contribution in [0.4, 0.5) is 0 Å². The van der Waals surface area contributed by atoms with Crippen LogP contribution in [0.1, 0.15) is 44.9 Å². The molecule has 98 valence electrons. The Balaban J connectivity index is 1.98. The minimum atomic E-state index is -0.254. The Labute approximate surface area is 103 Å². The molecule has 2 atom stereocenters. The molecule has 0 bridgehead atoms. The van der Waals surface area contributed by atoms with Gasteiger partial charge in [0.2, 0.25) is 0 Å². The lowest BCUT2D eigenvalue weighted by Crippen LogP contribution is -2.48. The van der Waals surface area contributed by atoms with Crippen molar-refractivity contribution in [1.29, 1.82) is 0 Å². The van der Waals surface area contributed by atoms with Gasteiger partial charge in [0, 0.05) is 13.2 Å². The first-order valence-corrected chi connectivity index (χ1v) is 6.86. The zero-order valence-electron chi connectivity index (χ0n) is 10.4. The Hall–Kier alpha value is -0.610. The standard InChI is InChI=1S/C13H23NO3/c15-10-11-6-2-1-4-8-14(11)13(16)12-7-3-5-9-17-12/h11-12,15H,1-10H2. The van der Waals surface area contributed by atoms with E-state index in [0.717, 1.165) is 51.5 Å². The summed E-state index contributed by atoms with van der Waals surface area (Å²) in [6.07, 6.45) is 6.97. The van der Waals surface area contributed by atoms with Crippen LogP contribution in [0, 0.1) is 0 Å². The SMILES string of the molecule is O=C(C1CCCCO1)N1CCCCCC1CO. The largest absolute Gasteiger partial charge is 0.394 e. The monoisotopic (exact) mass is 241 g/mol. The third-order valence-corrected chi connectivity index (χ3v) is 3.83. The zero-order chi connectivity index (χ0) is 12.1. The molecular weight excluding hydrogens is 218 g/mol. The van der Waals surface area contributed by atoms with Crippen LogP contribution in [0.2, 0.25) is 0 Å². The van der Waals surface area contributed by atoms with Crippen molar-refractivity contribution >= 4 is 5.91 Å². The van der Waals surface area contributed by atoms with E-state index in [0.29, 0.717) is 6.61 Å². The van der Waals surface area contributed by atoms with Crippen LogP contribution in [0.3, 0.4) is 0 Å². The molecule has 1 amide bonds. The lowest BCUT2D eigenvalue weighted by atomic mass is 10.1. The normalized spacial score (nSPS) is 31.0. The van der Waals surface area contributed by atoms with Gasteiger partial charge in [-0.3, -0.25) is 4.79 Å². The van der Waals surface area contributed by atoms with Crippen molar-refractivity contribution in [1.82, 2.24) is 4.90 Å². The minimum Gasteiger partial charge on any atom is -0.394 e. The van der Waals surface area contributed by atoms with Crippen LogP contribution < -0.4 is 0 Å². The number of rotatable bonds is 2. The summed E-state index contributed by atoms with van der Waals surface area (Å²) in [6.45, 7) is 1.57. The van der Waals surface area contributed by atoms with Crippen molar-refractivity contribution in [3.05, 3.63) is 0 Å². The maximum atomic E-state index is 12.4. The summed E-state index contributed by atoms with van der Waals surface area (Å²) >= 11 is 0. The maximum Gasteiger partial charge on any atom is 0.252 e. The van der Waals surface area contributed by atoms with Crippen molar-refractivity contribution in [2.24, 2.45) is 0 Å². The Morgan fingerprint density at radius 1 is 1.18 bits per heavy atom. The molecule has 2 unspecified atom stereocenters. The molecule has 0 aromatic carbocycles. The topological polar surface area (TPSA) is 49.8 Å². The van der Waals surface area contributed by atoms with Crippen LogP contribution >= 0.6 is 0 Å². The number of likely N-dealkylation sites (tertiary alicyclic amines) is 1. The van der Waals surface area contributed by atoms with E-state index in [1.807, 2.05) is 4.90 Å². The van der Waals surface area contributed by atoms with E-state index in [9.17, 15) is 9.90 Å². The lowest BCUT2D eigenvalue weighted by molar-refractivity contribution is -0.149. The number of aliphatic hydroxyl groups is 1. The van der Waals surface area contributed by atoms with Gasteiger partial charge < -0.3 is 14.7 Å². The number of carbonyl (C=O) groups excluding carboxylic acids is 1. The van der Waals surface area contributed by atoms with Gasteiger partial charge in [-0.2, -0.15) is 0 Å². The summed E-state index contributed by atoms with van der Waals surface area (Å²) in [4.78, 5) is 14.2. The highest BCUT2D eigenvalue weighted by molar-refractivity contribution is 5.81. The van der Waals surface area contributed by atoms with Gasteiger partial charge in [-0.25, -0.2) is 0 Å². The van der Waals surface area contributed by atoms with Crippen LogP contribution in [-0.4, -0.2) is 47.8 Å². The molecule has 0 aromatic heterocycles. The quantitative estimate of drug-likeness (QED) is 0.793. The average molecular weight is 241 g/mol. The highest BCUT2D eigenvalue weighted by atomic mass is 16.5. The first-order chi connectivity index (χ1) is 8.33. The van der Waals surface area contributed by atoms with Crippen LogP contribution in [-0.2, 0) is 9.53 Å². The third-order valence-electron chi connectivity index (χ3n) is 3.83. The second-order valence-electron chi connectivity index (χ2n) is 5.07. The predicted octanol–water partition coefficient (Wildman–Crippen LogP) is 1.32. The molecule has 2 rings (SSSR count). The molecule has 4 nitrogen and oxygen atoms in total. The highest BCUT2D eigenvalue weighted by Crippen LogP contribution is 2.21. The molecule has 0 saturated carbocycles. The predicted molar refractivity (Wildman–Crippen MR) is 64.6 cm³/mol. The second kappa shape index (κ2) is 6.36. The Bertz CT molecular complexity index is 251. The Kier molecular flexibility index (Phi) is 4.80. The molecule has 0 spiro atoms. The van der Waals surface area contributed by atoms with Crippen LogP contribution in [0.25, 0.3) is 0 Å². The Morgan fingerprint density at radius 3 is 2.71 bits per heavy atom. The zero-order valence-corrected chi connectivity index (χ0v) is 10.4. The molecule has 4 heteroatoms. The fourth-order valence-electron chi connectivity index (χ4n) is 2.78. The van der Waals surface area contributed by atoms with E-state index in [-0.39, 0.29) is 24.7 Å². The number of hydrogen-bond acceptors (Lipinski definition) is 3. The van der Waals surface area contributed by atoms with E-state index >= 15 is 0 Å². The summed E-state index contributed by atoms with van der Waals surface area (Å²) in [5.74, 6) is 0.102. The summed E-state index contributed by atoms with van der Waals surface area (Å²) in [5.41, 5.74) is 0. The summed E-state index contributed by atoms with van der Waals surface area (Å²) < 4.78 is 5.55. The fraction of sp³-hybridized carbons (Fsp3) is 0.923. The van der Waals surface area contributed by atoms with Crippen LogP contribution in [0.5, 0.6) is 0 Å². The van der Waals surface area contributed by atoms with Gasteiger partial charge in [0.15, 0.2) is 0 Å². The summed E-state index contributed by atoms with van der Waals surface area (Å²) in [5, 5.41) is 9.40. The van der Waals surface area contributed by atoms with Crippen molar-refractivity contribution < 1.29 is 14.6 Å². The average Bonchev–Trinajstić information content (AvgIpc) is 2.64. The molecule has 2 heterocycles. The Morgan fingerprint density at radius 2 is 2.00 bits per heavy atom. The highest BCUT2D eigenvalue weighted by Gasteiger charge is 2.31. The van der Waals surface area contributed by atoms with Gasteiger partial charge in [-0.05, 0) is 32.1 Å². The first kappa shape index (κ1) is 12.8. The van der Waals surface area contributed by atoms with E-state index in [1.165, 1.54) is 0 Å². The molecule has 2 aliphatic heterocycles. The van der Waals surface area contributed by atoms with Crippen LogP contribution in [0.15, 0.2) is 0 Å². The van der Waals surface area contributed by atoms with Gasteiger partial charge in [0.05, 0.1) is 12.6 Å². The maximum absolute atomic E-state index is 12.4. The van der Waals surface area contributed by atoms with E-state index in [2.05, 4.69) is 0 Å². The molecule has 1 N–H and O–H groups in total. The van der Waals surface area contributed by atoms with E-state index in [1.54, 1.807) is 0 Å². The number of nitrogens with zero attached hydrogens (tertiary/aromatic N) is 1. The first-order valence-electron chi connectivity index (χ1n) is 6.86. The molecule has 0 aromatic rings. The fourth-order valence-corrected chi connectivity index (χ4v) is 2.78. The lowest BCUT2D eigenvalue weighted by Gasteiger charge is -2.33. The van der Waals surface area contributed by atoms with E-state index < -0.39 is 0 Å². The second-order valence-corrected chi connectivity index (χ2v) is 5.07. The van der Waals surface area contributed by atoms with Crippen molar-refractivity contribution in [2.75, 3.05) is 19.8 Å². The minimum absolute atomic E-state index is 0.00975. The van der Waals surface area contributed by atoms with Crippen molar-refractivity contribution in [3.8, 4) is 0 Å². The number of hydrogen-bond donors (Lipinski definition) is 1. The van der Waals surface area contributed by atoms with Gasteiger partial charge >= 0.3 is 0 Å². The van der Waals surface area contributed by atoms with Gasteiger partial charge in [-0.1, -0.05) is 12.8 Å². The van der Waals surface area contributed by atoms with Crippen molar-refractivity contribution in [3.63, 3.8) is 0 Å². The van der Waals surface area contributed by atoms with Gasteiger partial charge in [-0.15, -0.1) is 0 Å². The molecule has 17 heavy (non-hydrogen) atoms. The number of amides is 1. The molecular formula is C13H23NO3. The molecule has 2 fully saturated rings. The summed E-state index contributed by atoms with van der Waals surface area (Å²) in [6, 6.07) is 0.00975. The molecule has 2 aliphatic rings. The third kappa shape index (κ3) is 3.19. The van der Waals surface area contributed by atoms with Gasteiger partial charge in [0.1, 0.15) is 6.10 Å². The molecule has 0 aliphatic carbocycles. The number of carbonyl (C=O) groups is 1. The molecule has 2 saturated heterocycles. The van der Waals surface area contributed by atoms with Gasteiger partial charge in [0.25, 0.3) is 5.91 Å². The smallest absolute Gasteiger partial charge is 0.252 e. The number of aliphatic hydroxyl groups excluding tert-OH is 1. The number of ether oxygens (including phenoxy) is 1. The van der Waals surface area contributed by atoms with E-state index in [4.69, 9.17) is 4.74 Å². The van der Waals surface area contributed by atoms with Crippen molar-refractivity contribution in [2.45, 2.75) is 57.1 Å².